The first-order valence-electron chi connectivity index (χ1n) is 12.4. The van der Waals surface area contributed by atoms with E-state index in [0.717, 1.165) is 24.1 Å². The van der Waals surface area contributed by atoms with Crippen LogP contribution in [0.5, 0.6) is 5.75 Å². The Morgan fingerprint density at radius 1 is 1.14 bits per heavy atom. The van der Waals surface area contributed by atoms with Crippen LogP contribution in [0.1, 0.15) is 40.2 Å². The van der Waals surface area contributed by atoms with Gasteiger partial charge in [-0.25, -0.2) is 9.18 Å². The lowest BCUT2D eigenvalue weighted by Crippen LogP contribution is -2.45. The molecule has 1 amide bonds. The maximum Gasteiger partial charge on any atom is 0.339 e. The molecule has 1 saturated carbocycles. The number of anilines is 2. The van der Waals surface area contributed by atoms with Crippen molar-refractivity contribution in [3.63, 3.8) is 0 Å². The number of para-hydroxylation sites is 1. The molecule has 1 saturated heterocycles. The molecule has 2 aliphatic heterocycles. The number of nitrogens with one attached hydrogen (secondary N) is 1. The number of fused-ring (bicyclic) bond motifs is 2. The summed E-state index contributed by atoms with van der Waals surface area (Å²) in [7, 11) is 1.46. The summed E-state index contributed by atoms with van der Waals surface area (Å²) >= 11 is 0. The average molecular weight is 504 g/mol. The zero-order valence-corrected chi connectivity index (χ0v) is 20.3. The van der Waals surface area contributed by atoms with Gasteiger partial charge >= 0.3 is 5.97 Å². The lowest BCUT2D eigenvalue weighted by molar-refractivity contribution is -0.132. The first-order valence-corrected chi connectivity index (χ1v) is 12.4. The number of carboxylic acid groups (broad SMARTS) is 1. The summed E-state index contributed by atoms with van der Waals surface area (Å²) in [6.07, 6.45) is 5.21. The summed E-state index contributed by atoms with van der Waals surface area (Å²) in [6, 6.07) is 8.72. The molecule has 1 unspecified atom stereocenters. The Morgan fingerprint density at radius 2 is 1.86 bits per heavy atom. The van der Waals surface area contributed by atoms with E-state index < -0.39 is 17.6 Å². The van der Waals surface area contributed by atoms with E-state index >= 15 is 4.39 Å². The molecule has 0 spiro atoms. The van der Waals surface area contributed by atoms with Crippen LogP contribution in [-0.4, -0.2) is 61.0 Å². The highest BCUT2D eigenvalue weighted by molar-refractivity contribution is 6.31. The molecule has 2 fully saturated rings. The summed E-state index contributed by atoms with van der Waals surface area (Å²) in [5.74, 6) is -2.53. The molecular formula is C28H26FN3O5. The predicted molar refractivity (Wildman–Crippen MR) is 135 cm³/mol. The second-order valence-electron chi connectivity index (χ2n) is 9.84. The number of nitrogens with zero attached hydrogens (tertiary/aromatic N) is 2. The van der Waals surface area contributed by atoms with Gasteiger partial charge in [0.25, 0.3) is 5.91 Å². The van der Waals surface area contributed by atoms with Gasteiger partial charge in [0.05, 0.1) is 12.7 Å². The molecule has 0 radical (unpaired) electrons. The minimum absolute atomic E-state index is 0.0733. The van der Waals surface area contributed by atoms with E-state index in [-0.39, 0.29) is 28.9 Å². The zero-order chi connectivity index (χ0) is 25.8. The van der Waals surface area contributed by atoms with Crippen LogP contribution in [-0.2, 0) is 9.59 Å². The molecule has 2 aromatic carbocycles. The lowest BCUT2D eigenvalue weighted by atomic mass is 9.79. The number of ether oxygens (including phenoxy) is 1. The van der Waals surface area contributed by atoms with Gasteiger partial charge in [-0.1, -0.05) is 24.3 Å². The van der Waals surface area contributed by atoms with Gasteiger partial charge in [0.1, 0.15) is 17.0 Å². The number of hydrogen-bond acceptors (Lipinski definition) is 6. The Kier molecular flexibility index (Phi) is 5.51. The van der Waals surface area contributed by atoms with Gasteiger partial charge in [0.2, 0.25) is 5.78 Å². The zero-order valence-electron chi connectivity index (χ0n) is 20.3. The normalized spacial score (nSPS) is 21.9. The van der Waals surface area contributed by atoms with Crippen LogP contribution in [0.2, 0.25) is 0 Å². The van der Waals surface area contributed by atoms with Gasteiger partial charge in [-0.05, 0) is 30.9 Å². The number of aliphatic carboxylic acids is 1. The fourth-order valence-corrected chi connectivity index (χ4v) is 5.65. The number of ketones is 1. The summed E-state index contributed by atoms with van der Waals surface area (Å²) in [5, 5.41) is 12.4. The van der Waals surface area contributed by atoms with E-state index in [0.29, 0.717) is 48.8 Å². The maximum absolute atomic E-state index is 15.6. The Labute approximate surface area is 213 Å². The van der Waals surface area contributed by atoms with Gasteiger partial charge in [-0.15, -0.1) is 0 Å². The van der Waals surface area contributed by atoms with Crippen LogP contribution >= 0.6 is 0 Å². The number of carbonyl (C=O) groups is 3. The van der Waals surface area contributed by atoms with E-state index in [4.69, 9.17) is 4.74 Å². The summed E-state index contributed by atoms with van der Waals surface area (Å²) in [4.78, 5) is 41.1. The number of benzene rings is 2. The highest BCUT2D eigenvalue weighted by atomic mass is 19.1. The molecule has 0 bridgehead atoms. The van der Waals surface area contributed by atoms with Crippen molar-refractivity contribution in [2.75, 3.05) is 43.5 Å². The number of halogens is 1. The molecule has 190 valence electrons. The number of hydrogen-bond donors (Lipinski definition) is 2. The largest absolute Gasteiger partial charge is 0.494 e. The number of carboxylic acids is 1. The fourth-order valence-electron chi connectivity index (χ4n) is 5.65. The summed E-state index contributed by atoms with van der Waals surface area (Å²) in [6.45, 7) is 2.09. The van der Waals surface area contributed by atoms with E-state index in [1.165, 1.54) is 19.3 Å². The molecule has 2 N–H and O–H groups in total. The maximum atomic E-state index is 15.6. The number of Topliss-reactive ketones (excluding diaryl/α,β-unsaturated/α-hetero) is 1. The van der Waals surface area contributed by atoms with Crippen molar-refractivity contribution < 1.29 is 28.6 Å². The first kappa shape index (κ1) is 23.3. The molecule has 2 aliphatic carbocycles. The van der Waals surface area contributed by atoms with Gasteiger partial charge in [-0.3, -0.25) is 9.59 Å². The van der Waals surface area contributed by atoms with E-state index in [2.05, 4.69) is 10.2 Å². The first-order chi connectivity index (χ1) is 17.9. The average Bonchev–Trinajstić information content (AvgIpc) is 3.68. The molecular weight excluding hydrogens is 477 g/mol. The number of rotatable bonds is 5. The summed E-state index contributed by atoms with van der Waals surface area (Å²) < 4.78 is 21.3. The van der Waals surface area contributed by atoms with Crippen molar-refractivity contribution in [1.82, 2.24) is 4.90 Å². The smallest absolute Gasteiger partial charge is 0.339 e. The molecule has 2 heterocycles. The summed E-state index contributed by atoms with van der Waals surface area (Å²) in [5.41, 5.74) is 2.90. The van der Waals surface area contributed by atoms with Crippen LogP contribution in [0.25, 0.3) is 5.57 Å². The molecule has 9 heteroatoms. The number of carbonyl (C=O) groups excluding carboxylic acids is 2. The van der Waals surface area contributed by atoms with Crippen LogP contribution in [0.3, 0.4) is 0 Å². The number of amides is 1. The van der Waals surface area contributed by atoms with Crippen molar-refractivity contribution in [2.24, 2.45) is 5.92 Å². The van der Waals surface area contributed by atoms with Crippen LogP contribution in [0.15, 0.2) is 48.2 Å². The van der Waals surface area contributed by atoms with E-state index in [9.17, 15) is 19.5 Å². The SMILES string of the molecule is COc1c2c(cc(F)c1N1CCN(/C=C3\C(=O)Nc4ccccc43)CC1)C(=O)C(C(=O)O)=CC2C1CC1. The molecule has 8 nitrogen and oxygen atoms in total. The van der Waals surface area contributed by atoms with E-state index in [1.54, 1.807) is 0 Å². The third-order valence-corrected chi connectivity index (χ3v) is 7.63. The van der Waals surface area contributed by atoms with Gasteiger partial charge in [0, 0.05) is 60.7 Å². The Hall–Kier alpha value is -4.14. The van der Waals surface area contributed by atoms with Crippen molar-refractivity contribution in [3.8, 4) is 5.75 Å². The highest BCUT2D eigenvalue weighted by Gasteiger charge is 2.42. The lowest BCUT2D eigenvalue weighted by Gasteiger charge is -2.37. The van der Waals surface area contributed by atoms with Crippen molar-refractivity contribution in [1.29, 1.82) is 0 Å². The second-order valence-corrected chi connectivity index (χ2v) is 9.84. The Balaban J connectivity index is 1.30. The van der Waals surface area contributed by atoms with Crippen LogP contribution in [0.4, 0.5) is 15.8 Å². The van der Waals surface area contributed by atoms with Crippen molar-refractivity contribution >= 4 is 34.6 Å². The van der Waals surface area contributed by atoms with Gasteiger partial charge in [-0.2, -0.15) is 0 Å². The Bertz CT molecular complexity index is 1400. The van der Waals surface area contributed by atoms with E-state index in [1.807, 2.05) is 35.4 Å². The van der Waals surface area contributed by atoms with Crippen LogP contribution < -0.4 is 15.0 Å². The third-order valence-electron chi connectivity index (χ3n) is 7.63. The molecule has 37 heavy (non-hydrogen) atoms. The minimum atomic E-state index is -1.30. The van der Waals surface area contributed by atoms with Crippen molar-refractivity contribution in [3.05, 3.63) is 70.7 Å². The van der Waals surface area contributed by atoms with Crippen molar-refractivity contribution in [2.45, 2.75) is 18.8 Å². The molecule has 0 aromatic heterocycles. The third kappa shape index (κ3) is 3.85. The molecule has 6 rings (SSSR count). The molecule has 2 aromatic rings. The monoisotopic (exact) mass is 503 g/mol. The van der Waals surface area contributed by atoms with Gasteiger partial charge in [0.15, 0.2) is 5.82 Å². The highest BCUT2D eigenvalue weighted by Crippen LogP contribution is 2.52. The number of piperazine rings is 1. The second kappa shape index (κ2) is 8.76. The van der Waals surface area contributed by atoms with Crippen LogP contribution in [0, 0.1) is 11.7 Å². The molecule has 1 atom stereocenters. The minimum Gasteiger partial charge on any atom is -0.494 e. The number of allylic oxidation sites excluding steroid dienone is 1. The standard InChI is InChI=1S/C28H26FN3O5/c1-37-26-23-17(15-6-7-15)12-19(28(35)36)25(33)18(23)13-21(29)24(26)32-10-8-31(9-11-32)14-20-16-4-2-3-5-22(16)30-27(20)34/h2-5,12-15,17H,6-11H2,1H3,(H,30,34)(H,35,36)/b20-14-. The van der Waals surface area contributed by atoms with Gasteiger partial charge < -0.3 is 25.0 Å². The topological polar surface area (TPSA) is 99.2 Å². The quantitative estimate of drug-likeness (QED) is 0.475. The number of methoxy groups -OCH3 is 1. The predicted octanol–water partition coefficient (Wildman–Crippen LogP) is 3.65. The fraction of sp³-hybridized carbons (Fsp3) is 0.321. The molecule has 4 aliphatic rings. The Morgan fingerprint density at radius 3 is 2.54 bits per heavy atom.